The molecular weight excluding hydrogens is 324 g/mol. The van der Waals surface area contributed by atoms with Gasteiger partial charge in [-0.1, -0.05) is 12.1 Å². The van der Waals surface area contributed by atoms with Crippen LogP contribution >= 0.6 is 11.8 Å². The highest BCUT2D eigenvalue weighted by Crippen LogP contribution is 2.25. The zero-order valence-electron chi connectivity index (χ0n) is 13.3. The molecule has 1 heterocycles. The highest BCUT2D eigenvalue weighted by atomic mass is 32.2. The molecule has 2 aromatic carbocycles. The van der Waals surface area contributed by atoms with E-state index in [1.807, 2.05) is 18.4 Å². The monoisotopic (exact) mass is 340 g/mol. The van der Waals surface area contributed by atoms with Gasteiger partial charge in [-0.2, -0.15) is 11.8 Å². The van der Waals surface area contributed by atoms with Crippen LogP contribution in [0.4, 0.5) is 5.69 Å². The highest BCUT2D eigenvalue weighted by Gasteiger charge is 2.32. The Morgan fingerprint density at radius 2 is 1.71 bits per heavy atom. The van der Waals surface area contributed by atoms with Gasteiger partial charge < -0.3 is 5.32 Å². The summed E-state index contributed by atoms with van der Waals surface area (Å²) in [6.45, 7) is 0. The fraction of sp³-hybridized carbons (Fsp3) is 0.167. The van der Waals surface area contributed by atoms with Crippen LogP contribution in [0.1, 0.15) is 36.6 Å². The number of amides is 3. The quantitative estimate of drug-likeness (QED) is 0.869. The molecule has 0 aliphatic carbocycles. The zero-order chi connectivity index (χ0) is 17.3. The summed E-state index contributed by atoms with van der Waals surface area (Å²) >= 11 is 1.72. The predicted molar refractivity (Wildman–Crippen MR) is 94.5 cm³/mol. The van der Waals surface area contributed by atoms with Crippen molar-refractivity contribution in [3.8, 4) is 0 Å². The second kappa shape index (κ2) is 6.49. The molecule has 2 aromatic rings. The molecule has 1 N–H and O–H groups in total. The molecule has 0 bridgehead atoms. The summed E-state index contributed by atoms with van der Waals surface area (Å²) in [6.07, 6.45) is 2.03. The number of carbonyl (C=O) groups excluding carboxylic acids is 3. The van der Waals surface area contributed by atoms with E-state index < -0.39 is 0 Å². The Hall–Kier alpha value is -2.60. The van der Waals surface area contributed by atoms with E-state index in [0.717, 1.165) is 16.2 Å². The fourth-order valence-corrected chi connectivity index (χ4v) is 3.09. The zero-order valence-corrected chi connectivity index (χ0v) is 14.1. The van der Waals surface area contributed by atoms with E-state index in [0.29, 0.717) is 22.4 Å². The van der Waals surface area contributed by atoms with Gasteiger partial charge in [-0.05, 0) is 42.2 Å². The second-order valence-electron chi connectivity index (χ2n) is 5.51. The fourth-order valence-electron chi connectivity index (χ4n) is 2.56. The van der Waals surface area contributed by atoms with Crippen molar-refractivity contribution in [3.05, 3.63) is 64.7 Å². The first-order valence-electron chi connectivity index (χ1n) is 7.37. The summed E-state index contributed by atoms with van der Waals surface area (Å²) in [5, 5.41) is 2.76. The van der Waals surface area contributed by atoms with Crippen LogP contribution in [-0.2, 0) is 5.75 Å². The minimum atomic E-state index is -0.354. The van der Waals surface area contributed by atoms with Gasteiger partial charge in [0.05, 0.1) is 11.1 Å². The molecule has 3 rings (SSSR count). The molecule has 3 amide bonds. The number of hydrogen-bond donors (Lipinski definition) is 1. The van der Waals surface area contributed by atoms with Gasteiger partial charge >= 0.3 is 0 Å². The molecule has 1 aliphatic rings. The molecule has 122 valence electrons. The maximum atomic E-state index is 12.3. The molecule has 0 spiro atoms. The van der Waals surface area contributed by atoms with E-state index in [-0.39, 0.29) is 17.7 Å². The van der Waals surface area contributed by atoms with Gasteiger partial charge in [-0.3, -0.25) is 19.3 Å². The van der Waals surface area contributed by atoms with Gasteiger partial charge in [0.1, 0.15) is 0 Å². The van der Waals surface area contributed by atoms with E-state index in [1.165, 1.54) is 7.05 Å². The number of anilines is 1. The Bertz CT molecular complexity index is 831. The number of imide groups is 1. The Balaban J connectivity index is 1.78. The van der Waals surface area contributed by atoms with E-state index in [4.69, 9.17) is 0 Å². The lowest BCUT2D eigenvalue weighted by molar-refractivity contribution is 0.0692. The number of fused-ring (bicyclic) bond motifs is 1. The average Bonchev–Trinajstić information content (AvgIpc) is 2.80. The number of thioether (sulfide) groups is 1. The van der Waals surface area contributed by atoms with Gasteiger partial charge in [0, 0.05) is 24.1 Å². The van der Waals surface area contributed by atoms with Crippen LogP contribution in [0.3, 0.4) is 0 Å². The molecule has 1 aliphatic heterocycles. The Morgan fingerprint density at radius 3 is 2.38 bits per heavy atom. The van der Waals surface area contributed by atoms with Gasteiger partial charge in [-0.25, -0.2) is 0 Å². The minimum absolute atomic E-state index is 0.254. The second-order valence-corrected chi connectivity index (χ2v) is 6.38. The van der Waals surface area contributed by atoms with Gasteiger partial charge in [0.15, 0.2) is 0 Å². The van der Waals surface area contributed by atoms with Crippen LogP contribution in [0, 0.1) is 0 Å². The van der Waals surface area contributed by atoms with Crippen molar-refractivity contribution in [3.63, 3.8) is 0 Å². The van der Waals surface area contributed by atoms with E-state index in [9.17, 15) is 14.4 Å². The molecule has 0 fully saturated rings. The van der Waals surface area contributed by atoms with Crippen molar-refractivity contribution in [2.75, 3.05) is 18.6 Å². The summed E-state index contributed by atoms with van der Waals surface area (Å²) in [5.41, 5.74) is 2.87. The largest absolute Gasteiger partial charge is 0.322 e. The molecule has 6 heteroatoms. The van der Waals surface area contributed by atoms with E-state index in [1.54, 1.807) is 42.1 Å². The highest BCUT2D eigenvalue weighted by molar-refractivity contribution is 7.97. The number of nitrogens with zero attached hydrogens (tertiary/aromatic N) is 1. The first-order valence-corrected chi connectivity index (χ1v) is 8.76. The number of carbonyl (C=O) groups is 3. The van der Waals surface area contributed by atoms with Crippen LogP contribution < -0.4 is 5.32 Å². The maximum absolute atomic E-state index is 12.3. The van der Waals surface area contributed by atoms with Crippen molar-refractivity contribution in [2.24, 2.45) is 0 Å². The normalized spacial score (nSPS) is 13.2. The molecule has 0 radical (unpaired) electrons. The number of hydrogen-bond acceptors (Lipinski definition) is 4. The van der Waals surface area contributed by atoms with Crippen LogP contribution in [0.5, 0.6) is 0 Å². The molecule has 0 saturated carbocycles. The standard InChI is InChI=1S/C18H16N2O3S/c1-20-17(22)14-8-7-13(9-15(14)18(20)23)19-16(21)12-5-3-11(4-6-12)10-24-2/h3-9H,10H2,1-2H3,(H,19,21). The average molecular weight is 340 g/mol. The SMILES string of the molecule is CSCc1ccc(C(=O)Nc2ccc3c(c2)C(=O)N(C)C3=O)cc1. The van der Waals surface area contributed by atoms with Crippen molar-refractivity contribution in [1.82, 2.24) is 4.90 Å². The number of nitrogens with one attached hydrogen (secondary N) is 1. The Morgan fingerprint density at radius 1 is 1.04 bits per heavy atom. The Kier molecular flexibility index (Phi) is 4.40. The third-order valence-corrected chi connectivity index (χ3v) is 4.50. The molecule has 0 aromatic heterocycles. The first kappa shape index (κ1) is 16.3. The lowest BCUT2D eigenvalue weighted by atomic mass is 10.1. The van der Waals surface area contributed by atoms with Crippen LogP contribution in [0.15, 0.2) is 42.5 Å². The van der Waals surface area contributed by atoms with Crippen LogP contribution in [-0.4, -0.2) is 35.9 Å². The lowest BCUT2D eigenvalue weighted by Gasteiger charge is -2.07. The van der Waals surface area contributed by atoms with Gasteiger partial charge in [0.25, 0.3) is 17.7 Å². The van der Waals surface area contributed by atoms with E-state index >= 15 is 0 Å². The van der Waals surface area contributed by atoms with Crippen LogP contribution in [0.2, 0.25) is 0 Å². The molecule has 5 nitrogen and oxygen atoms in total. The topological polar surface area (TPSA) is 66.5 Å². The van der Waals surface area contributed by atoms with Crippen molar-refractivity contribution >= 4 is 35.2 Å². The molecule has 0 atom stereocenters. The summed E-state index contributed by atoms with van der Waals surface area (Å²) in [6, 6.07) is 12.1. The van der Waals surface area contributed by atoms with Crippen molar-refractivity contribution in [2.45, 2.75) is 5.75 Å². The first-order chi connectivity index (χ1) is 11.5. The smallest absolute Gasteiger partial charge is 0.261 e. The summed E-state index contributed by atoms with van der Waals surface area (Å²) in [7, 11) is 1.44. The molecule has 24 heavy (non-hydrogen) atoms. The Labute approximate surface area is 144 Å². The third kappa shape index (κ3) is 2.92. The number of rotatable bonds is 4. The summed E-state index contributed by atoms with van der Waals surface area (Å²) in [4.78, 5) is 37.3. The van der Waals surface area contributed by atoms with E-state index in [2.05, 4.69) is 5.32 Å². The molecule has 0 unspecified atom stereocenters. The number of benzene rings is 2. The lowest BCUT2D eigenvalue weighted by Crippen LogP contribution is -2.24. The van der Waals surface area contributed by atoms with Crippen LogP contribution in [0.25, 0.3) is 0 Å². The minimum Gasteiger partial charge on any atom is -0.322 e. The summed E-state index contributed by atoms with van der Waals surface area (Å²) in [5.74, 6) is -0.0309. The van der Waals surface area contributed by atoms with Gasteiger partial charge in [-0.15, -0.1) is 0 Å². The molecule has 0 saturated heterocycles. The predicted octanol–water partition coefficient (Wildman–Crippen LogP) is 3.03. The van der Waals surface area contributed by atoms with Crippen molar-refractivity contribution in [1.29, 1.82) is 0 Å². The molecular formula is C18H16N2O3S. The van der Waals surface area contributed by atoms with Crippen molar-refractivity contribution < 1.29 is 14.4 Å². The third-order valence-electron chi connectivity index (χ3n) is 3.87. The summed E-state index contributed by atoms with van der Waals surface area (Å²) < 4.78 is 0. The maximum Gasteiger partial charge on any atom is 0.261 e. The van der Waals surface area contributed by atoms with Gasteiger partial charge in [0.2, 0.25) is 0 Å².